The lowest BCUT2D eigenvalue weighted by Gasteiger charge is -2.07. The Kier molecular flexibility index (Phi) is 4.80. The van der Waals surface area contributed by atoms with Gasteiger partial charge in [-0.3, -0.25) is 0 Å². The fourth-order valence-corrected chi connectivity index (χ4v) is 3.34. The number of halogens is 1. The van der Waals surface area contributed by atoms with Crippen LogP contribution in [0.3, 0.4) is 0 Å². The number of nitrogens with zero attached hydrogens (tertiary/aromatic N) is 1. The zero-order valence-electron chi connectivity index (χ0n) is 11.7. The van der Waals surface area contributed by atoms with Gasteiger partial charge in [-0.2, -0.15) is 13.5 Å². The van der Waals surface area contributed by atoms with Gasteiger partial charge in [-0.15, -0.1) is 0 Å². The second-order valence-electron chi connectivity index (χ2n) is 4.68. The van der Waals surface area contributed by atoms with Crippen LogP contribution in [0.15, 0.2) is 56.9 Å². The zero-order valence-corrected chi connectivity index (χ0v) is 14.1. The number of rotatable bonds is 4. The molecule has 0 amide bonds. The molecule has 1 N–H and O–H groups in total. The summed E-state index contributed by atoms with van der Waals surface area (Å²) in [6.07, 6.45) is 1.46. The van der Waals surface area contributed by atoms with Gasteiger partial charge in [0.15, 0.2) is 0 Å². The smallest absolute Gasteiger partial charge is 0.200 e. The highest BCUT2D eigenvalue weighted by Crippen LogP contribution is 2.16. The molecule has 0 heterocycles. The minimum absolute atomic E-state index is 0.236. The Morgan fingerprint density at radius 2 is 1.90 bits per heavy atom. The Labute approximate surface area is 133 Å². The number of hydrogen-bond donors (Lipinski definition) is 1. The van der Waals surface area contributed by atoms with E-state index in [1.807, 2.05) is 37.3 Å². The minimum Gasteiger partial charge on any atom is -0.200 e. The van der Waals surface area contributed by atoms with E-state index >= 15 is 0 Å². The fraction of sp³-hybridized carbons (Fsp3) is 0.133. The summed E-state index contributed by atoms with van der Waals surface area (Å²) in [7, 11) is -3.65. The Morgan fingerprint density at radius 3 is 2.57 bits per heavy atom. The van der Waals surface area contributed by atoms with Crippen LogP contribution in [0.25, 0.3) is 0 Å². The van der Waals surface area contributed by atoms with Crippen molar-refractivity contribution in [1.82, 2.24) is 4.83 Å². The highest BCUT2D eigenvalue weighted by Gasteiger charge is 2.15. The van der Waals surface area contributed by atoms with Crippen LogP contribution in [-0.2, 0) is 10.0 Å². The van der Waals surface area contributed by atoms with E-state index in [1.165, 1.54) is 6.21 Å². The fourth-order valence-electron chi connectivity index (χ4n) is 1.91. The van der Waals surface area contributed by atoms with Crippen molar-refractivity contribution in [1.29, 1.82) is 0 Å². The summed E-state index contributed by atoms with van der Waals surface area (Å²) in [4.78, 5) is 2.47. The Morgan fingerprint density at radius 1 is 1.14 bits per heavy atom. The van der Waals surface area contributed by atoms with Crippen LogP contribution >= 0.6 is 15.9 Å². The van der Waals surface area contributed by atoms with Gasteiger partial charge in [0.25, 0.3) is 10.0 Å². The quantitative estimate of drug-likeness (QED) is 0.665. The van der Waals surface area contributed by atoms with E-state index in [4.69, 9.17) is 0 Å². The molecule has 4 nitrogen and oxygen atoms in total. The lowest BCUT2D eigenvalue weighted by Crippen LogP contribution is -2.19. The topological polar surface area (TPSA) is 58.5 Å². The molecule has 21 heavy (non-hydrogen) atoms. The summed E-state index contributed by atoms with van der Waals surface area (Å²) in [5.41, 5.74) is 2.51. The molecule has 0 fully saturated rings. The summed E-state index contributed by atoms with van der Waals surface area (Å²) < 4.78 is 25.3. The van der Waals surface area contributed by atoms with Gasteiger partial charge in [0.1, 0.15) is 0 Å². The van der Waals surface area contributed by atoms with Crippen LogP contribution in [0, 0.1) is 13.8 Å². The lowest BCUT2D eigenvalue weighted by atomic mass is 10.2. The number of hydrogen-bond acceptors (Lipinski definition) is 3. The van der Waals surface area contributed by atoms with E-state index in [0.717, 1.165) is 15.6 Å². The first-order valence-corrected chi connectivity index (χ1v) is 8.54. The molecule has 2 aromatic rings. The average Bonchev–Trinajstić information content (AvgIpc) is 2.38. The minimum atomic E-state index is -3.65. The number of benzene rings is 2. The molecule has 0 spiro atoms. The van der Waals surface area contributed by atoms with Gasteiger partial charge in [-0.25, -0.2) is 4.83 Å². The predicted molar refractivity (Wildman–Crippen MR) is 88.0 cm³/mol. The molecule has 2 rings (SSSR count). The first-order chi connectivity index (χ1) is 9.88. The number of sulfonamides is 1. The van der Waals surface area contributed by atoms with E-state index in [0.29, 0.717) is 5.56 Å². The van der Waals surface area contributed by atoms with Gasteiger partial charge in [-0.1, -0.05) is 45.8 Å². The van der Waals surface area contributed by atoms with Crippen molar-refractivity contribution in [2.75, 3.05) is 0 Å². The van der Waals surface area contributed by atoms with Crippen LogP contribution in [0.5, 0.6) is 0 Å². The normalized spacial score (nSPS) is 11.8. The molecular weight excluding hydrogens is 352 g/mol. The van der Waals surface area contributed by atoms with Crippen molar-refractivity contribution in [3.8, 4) is 0 Å². The molecular formula is C15H15BrN2O2S. The summed E-state index contributed by atoms with van der Waals surface area (Å²) in [6.45, 7) is 3.68. The maximum Gasteiger partial charge on any atom is 0.276 e. The second kappa shape index (κ2) is 6.41. The molecule has 0 saturated carbocycles. The van der Waals surface area contributed by atoms with Crippen LogP contribution in [-0.4, -0.2) is 14.6 Å². The highest BCUT2D eigenvalue weighted by molar-refractivity contribution is 9.10. The molecule has 0 bridgehead atoms. The van der Waals surface area contributed by atoms with Gasteiger partial charge in [-0.05, 0) is 43.2 Å². The van der Waals surface area contributed by atoms with E-state index in [2.05, 4.69) is 25.9 Å². The second-order valence-corrected chi connectivity index (χ2v) is 7.22. The average molecular weight is 367 g/mol. The van der Waals surface area contributed by atoms with E-state index < -0.39 is 10.0 Å². The van der Waals surface area contributed by atoms with Gasteiger partial charge >= 0.3 is 0 Å². The molecule has 0 atom stereocenters. The maximum absolute atomic E-state index is 12.2. The molecule has 0 aliphatic heterocycles. The summed E-state index contributed by atoms with van der Waals surface area (Å²) in [5, 5.41) is 3.81. The SMILES string of the molecule is Cc1ccc(S(=O)(=O)N/N=C/c2cccc(Br)c2)c(C)c1. The van der Waals surface area contributed by atoms with Crippen molar-refractivity contribution in [2.45, 2.75) is 18.7 Å². The standard InChI is InChI=1S/C15H15BrN2O2S/c1-11-6-7-15(12(2)8-11)21(19,20)18-17-10-13-4-3-5-14(16)9-13/h3-10,18H,1-2H3/b17-10+. The summed E-state index contributed by atoms with van der Waals surface area (Å²) in [6, 6.07) is 12.6. The lowest BCUT2D eigenvalue weighted by molar-refractivity contribution is 0.584. The van der Waals surface area contributed by atoms with Crippen molar-refractivity contribution in [2.24, 2.45) is 5.10 Å². The first-order valence-electron chi connectivity index (χ1n) is 6.26. The van der Waals surface area contributed by atoms with Gasteiger partial charge in [0, 0.05) is 4.47 Å². The molecule has 0 saturated heterocycles. The molecule has 0 radical (unpaired) electrons. The van der Waals surface area contributed by atoms with Crippen molar-refractivity contribution >= 4 is 32.2 Å². The molecule has 0 aromatic heterocycles. The molecule has 6 heteroatoms. The molecule has 110 valence electrons. The summed E-state index contributed by atoms with van der Waals surface area (Å²) in [5.74, 6) is 0. The van der Waals surface area contributed by atoms with Gasteiger partial charge in [0.2, 0.25) is 0 Å². The van der Waals surface area contributed by atoms with Crippen molar-refractivity contribution < 1.29 is 8.42 Å². The van der Waals surface area contributed by atoms with E-state index in [-0.39, 0.29) is 4.90 Å². The molecule has 0 aliphatic rings. The van der Waals surface area contributed by atoms with Crippen LogP contribution in [0.1, 0.15) is 16.7 Å². The largest absolute Gasteiger partial charge is 0.276 e. The van der Waals surface area contributed by atoms with E-state index in [1.54, 1.807) is 19.1 Å². The van der Waals surface area contributed by atoms with E-state index in [9.17, 15) is 8.42 Å². The third kappa shape index (κ3) is 4.15. The Hall–Kier alpha value is -1.66. The maximum atomic E-state index is 12.2. The summed E-state index contributed by atoms with van der Waals surface area (Å²) >= 11 is 3.35. The number of nitrogens with one attached hydrogen (secondary N) is 1. The Balaban J connectivity index is 2.18. The molecule has 2 aromatic carbocycles. The van der Waals surface area contributed by atoms with Crippen molar-refractivity contribution in [3.63, 3.8) is 0 Å². The van der Waals surface area contributed by atoms with Crippen LogP contribution in [0.4, 0.5) is 0 Å². The predicted octanol–water partition coefficient (Wildman–Crippen LogP) is 3.38. The van der Waals surface area contributed by atoms with Gasteiger partial charge < -0.3 is 0 Å². The van der Waals surface area contributed by atoms with Crippen molar-refractivity contribution in [3.05, 3.63) is 63.6 Å². The molecule has 0 unspecified atom stereocenters. The van der Waals surface area contributed by atoms with Crippen LogP contribution < -0.4 is 4.83 Å². The monoisotopic (exact) mass is 366 g/mol. The molecule has 0 aliphatic carbocycles. The zero-order chi connectivity index (χ0) is 15.5. The first kappa shape index (κ1) is 15.7. The number of aryl methyl sites for hydroxylation is 2. The van der Waals surface area contributed by atoms with Gasteiger partial charge in [0.05, 0.1) is 11.1 Å². The van der Waals surface area contributed by atoms with Crippen LogP contribution in [0.2, 0.25) is 0 Å². The highest BCUT2D eigenvalue weighted by atomic mass is 79.9. The third-order valence-corrected chi connectivity index (χ3v) is 4.73. The number of hydrazone groups is 1. The third-order valence-electron chi connectivity index (χ3n) is 2.86. The Bertz CT molecular complexity index is 786.